The quantitative estimate of drug-likeness (QED) is 0.541. The molecule has 0 saturated carbocycles. The van der Waals surface area contributed by atoms with Gasteiger partial charge in [-0.1, -0.05) is 43.3 Å². The van der Waals surface area contributed by atoms with Crippen LogP contribution in [0.1, 0.15) is 17.4 Å². The number of thiazole rings is 1. The summed E-state index contributed by atoms with van der Waals surface area (Å²) in [6, 6.07) is 15.5. The van der Waals surface area contributed by atoms with E-state index in [0.717, 1.165) is 27.0 Å². The molecule has 1 aromatic heterocycles. The van der Waals surface area contributed by atoms with Gasteiger partial charge in [0.1, 0.15) is 0 Å². The van der Waals surface area contributed by atoms with Crippen molar-refractivity contribution in [3.8, 4) is 11.3 Å². The second-order valence-corrected chi connectivity index (χ2v) is 7.59. The lowest BCUT2D eigenvalue weighted by molar-refractivity contribution is 0.262. The van der Waals surface area contributed by atoms with Gasteiger partial charge in [0.25, 0.3) is 0 Å². The van der Waals surface area contributed by atoms with Crippen molar-refractivity contribution in [1.29, 1.82) is 0 Å². The molecule has 0 atom stereocenters. The molecule has 3 rings (SSSR count). The molecule has 2 N–H and O–H groups in total. The zero-order valence-electron chi connectivity index (χ0n) is 14.0. The van der Waals surface area contributed by atoms with E-state index in [4.69, 9.17) is 0 Å². The van der Waals surface area contributed by atoms with Crippen LogP contribution in [0.4, 0.5) is 15.6 Å². The number of carbonyl (C=O) groups is 1. The maximum Gasteiger partial charge on any atom is 0.325 e. The summed E-state index contributed by atoms with van der Waals surface area (Å²) >= 11 is 4.88. The van der Waals surface area contributed by atoms with Gasteiger partial charge in [-0.2, -0.15) is 0 Å². The summed E-state index contributed by atoms with van der Waals surface area (Å²) in [7, 11) is 0. The van der Waals surface area contributed by atoms with Crippen molar-refractivity contribution in [2.75, 3.05) is 10.6 Å². The lowest BCUT2D eigenvalue weighted by Crippen LogP contribution is -2.19. The van der Waals surface area contributed by atoms with Crippen LogP contribution in [0.2, 0.25) is 0 Å². The Balaban J connectivity index is 1.73. The summed E-state index contributed by atoms with van der Waals surface area (Å²) < 4.78 is 0.831. The molecule has 0 bridgehead atoms. The zero-order chi connectivity index (χ0) is 17.8. The van der Waals surface area contributed by atoms with Crippen LogP contribution in [0, 0.1) is 6.92 Å². The summed E-state index contributed by atoms with van der Waals surface area (Å²) in [6.07, 6.45) is 1.01. The number of carbonyl (C=O) groups excluding carboxylic acids is 1. The Labute approximate surface area is 159 Å². The van der Waals surface area contributed by atoms with Gasteiger partial charge in [0.2, 0.25) is 0 Å². The molecule has 0 unspecified atom stereocenters. The second kappa shape index (κ2) is 7.80. The average Bonchev–Trinajstić information content (AvgIpc) is 2.97. The first kappa shape index (κ1) is 17.6. The number of nitrogens with one attached hydrogen (secondary N) is 2. The SMILES string of the molecule is CCc1ccc(-c2nc(NC(=O)Nc3ccccc3Br)sc2C)cc1. The Bertz CT molecular complexity index is 890. The molecule has 0 radical (unpaired) electrons. The van der Waals surface area contributed by atoms with Gasteiger partial charge in [-0.15, -0.1) is 11.3 Å². The summed E-state index contributed by atoms with van der Waals surface area (Å²) in [5.41, 5.74) is 3.97. The molecule has 2 amide bonds. The van der Waals surface area contributed by atoms with Gasteiger partial charge in [-0.05, 0) is 47.0 Å². The Hall–Kier alpha value is -2.18. The van der Waals surface area contributed by atoms with Gasteiger partial charge >= 0.3 is 6.03 Å². The normalized spacial score (nSPS) is 10.5. The number of hydrogen-bond acceptors (Lipinski definition) is 3. The number of para-hydroxylation sites is 1. The van der Waals surface area contributed by atoms with Crippen molar-refractivity contribution in [2.24, 2.45) is 0 Å². The van der Waals surface area contributed by atoms with Crippen molar-refractivity contribution in [3.05, 3.63) is 63.4 Å². The molecule has 4 nitrogen and oxygen atoms in total. The molecule has 0 aliphatic carbocycles. The van der Waals surface area contributed by atoms with E-state index in [1.165, 1.54) is 16.9 Å². The number of aromatic nitrogens is 1. The van der Waals surface area contributed by atoms with Gasteiger partial charge in [0.05, 0.1) is 11.4 Å². The van der Waals surface area contributed by atoms with Crippen LogP contribution in [-0.2, 0) is 6.42 Å². The van der Waals surface area contributed by atoms with Crippen molar-refractivity contribution in [1.82, 2.24) is 4.98 Å². The highest BCUT2D eigenvalue weighted by molar-refractivity contribution is 9.10. The third kappa shape index (κ3) is 4.27. The highest BCUT2D eigenvalue weighted by Crippen LogP contribution is 2.31. The number of amides is 2. The van der Waals surface area contributed by atoms with E-state index in [9.17, 15) is 4.79 Å². The molecule has 0 aliphatic rings. The Morgan fingerprint density at radius 1 is 1.12 bits per heavy atom. The van der Waals surface area contributed by atoms with Crippen LogP contribution >= 0.6 is 27.3 Å². The highest BCUT2D eigenvalue weighted by Gasteiger charge is 2.12. The number of aryl methyl sites for hydroxylation is 2. The number of halogens is 1. The molecule has 1 heterocycles. The molecule has 2 aromatic carbocycles. The first-order valence-corrected chi connectivity index (χ1v) is 9.57. The fourth-order valence-electron chi connectivity index (χ4n) is 2.43. The summed E-state index contributed by atoms with van der Waals surface area (Å²) in [5.74, 6) is 0. The van der Waals surface area contributed by atoms with E-state index in [-0.39, 0.29) is 6.03 Å². The van der Waals surface area contributed by atoms with E-state index >= 15 is 0 Å². The molecule has 6 heteroatoms. The summed E-state index contributed by atoms with van der Waals surface area (Å²) in [4.78, 5) is 17.8. The predicted octanol–water partition coefficient (Wildman–Crippen LogP) is 6.09. The Morgan fingerprint density at radius 2 is 1.84 bits per heavy atom. The molecule has 128 valence electrons. The predicted molar refractivity (Wildman–Crippen MR) is 108 cm³/mol. The third-order valence-corrected chi connectivity index (χ3v) is 5.35. The molecule has 0 spiro atoms. The molecule has 25 heavy (non-hydrogen) atoms. The van der Waals surface area contributed by atoms with Crippen LogP contribution in [-0.4, -0.2) is 11.0 Å². The van der Waals surface area contributed by atoms with Crippen LogP contribution in [0.25, 0.3) is 11.3 Å². The van der Waals surface area contributed by atoms with Crippen LogP contribution in [0.15, 0.2) is 53.0 Å². The van der Waals surface area contributed by atoms with Crippen molar-refractivity contribution in [2.45, 2.75) is 20.3 Å². The molecular weight excluding hydrogens is 398 g/mol. The van der Waals surface area contributed by atoms with Gasteiger partial charge in [0, 0.05) is 14.9 Å². The maximum atomic E-state index is 12.2. The van der Waals surface area contributed by atoms with Gasteiger partial charge in [-0.3, -0.25) is 5.32 Å². The molecule has 0 fully saturated rings. The highest BCUT2D eigenvalue weighted by atomic mass is 79.9. The van der Waals surface area contributed by atoms with E-state index in [1.807, 2.05) is 31.2 Å². The fraction of sp³-hybridized carbons (Fsp3) is 0.158. The fourth-order valence-corrected chi connectivity index (χ4v) is 3.64. The standard InChI is InChI=1S/C19H18BrN3OS/c1-3-13-8-10-14(11-9-13)17-12(2)25-19(22-17)23-18(24)21-16-7-5-4-6-15(16)20/h4-11H,3H2,1-2H3,(H2,21,22,23,24). The van der Waals surface area contributed by atoms with Crippen molar-refractivity contribution < 1.29 is 4.79 Å². The number of benzene rings is 2. The van der Waals surface area contributed by atoms with Gasteiger partial charge in [0.15, 0.2) is 5.13 Å². The maximum absolute atomic E-state index is 12.2. The Morgan fingerprint density at radius 3 is 2.52 bits per heavy atom. The zero-order valence-corrected chi connectivity index (χ0v) is 16.4. The first-order chi connectivity index (χ1) is 12.1. The molecule has 0 saturated heterocycles. The van der Waals surface area contributed by atoms with Crippen molar-refractivity contribution >= 4 is 44.1 Å². The smallest absolute Gasteiger partial charge is 0.307 e. The van der Waals surface area contributed by atoms with E-state index in [2.05, 4.69) is 62.7 Å². The first-order valence-electron chi connectivity index (χ1n) is 7.96. The minimum atomic E-state index is -0.312. The lowest BCUT2D eigenvalue weighted by Gasteiger charge is -2.06. The van der Waals surface area contributed by atoms with Gasteiger partial charge < -0.3 is 5.32 Å². The van der Waals surface area contributed by atoms with E-state index < -0.39 is 0 Å². The third-order valence-electron chi connectivity index (χ3n) is 3.77. The molecule has 3 aromatic rings. The minimum Gasteiger partial charge on any atom is -0.307 e. The number of nitrogens with zero attached hydrogens (tertiary/aromatic N) is 1. The van der Waals surface area contributed by atoms with E-state index in [1.54, 1.807) is 0 Å². The monoisotopic (exact) mass is 415 g/mol. The largest absolute Gasteiger partial charge is 0.325 e. The summed E-state index contributed by atoms with van der Waals surface area (Å²) in [5, 5.41) is 6.20. The average molecular weight is 416 g/mol. The number of hydrogen-bond donors (Lipinski definition) is 2. The second-order valence-electron chi connectivity index (χ2n) is 5.53. The topological polar surface area (TPSA) is 54.0 Å². The summed E-state index contributed by atoms with van der Waals surface area (Å²) in [6.45, 7) is 4.15. The molecular formula is C19H18BrN3OS. The number of rotatable bonds is 4. The molecule has 0 aliphatic heterocycles. The number of anilines is 2. The minimum absolute atomic E-state index is 0.312. The lowest BCUT2D eigenvalue weighted by atomic mass is 10.1. The van der Waals surface area contributed by atoms with Crippen LogP contribution < -0.4 is 10.6 Å². The van der Waals surface area contributed by atoms with E-state index in [0.29, 0.717) is 10.8 Å². The van der Waals surface area contributed by atoms with Gasteiger partial charge in [-0.25, -0.2) is 9.78 Å². The Kier molecular flexibility index (Phi) is 5.50. The van der Waals surface area contributed by atoms with Crippen LogP contribution in [0.5, 0.6) is 0 Å². The van der Waals surface area contributed by atoms with Crippen molar-refractivity contribution in [3.63, 3.8) is 0 Å². The number of urea groups is 1. The van der Waals surface area contributed by atoms with Crippen LogP contribution in [0.3, 0.4) is 0 Å².